The van der Waals surface area contributed by atoms with Gasteiger partial charge in [0.15, 0.2) is 11.5 Å². The highest BCUT2D eigenvalue weighted by molar-refractivity contribution is 6.15. The molecule has 0 amide bonds. The van der Waals surface area contributed by atoms with Crippen LogP contribution in [0.5, 0.6) is 0 Å². The fourth-order valence-corrected chi connectivity index (χ4v) is 6.69. The minimum absolute atomic E-state index is 0.709. The molecule has 0 radical (unpaired) electrons. The van der Waals surface area contributed by atoms with Gasteiger partial charge in [0.25, 0.3) is 0 Å². The van der Waals surface area contributed by atoms with Crippen molar-refractivity contribution >= 4 is 55.2 Å². The Bertz CT molecular complexity index is 2520. The summed E-state index contributed by atoms with van der Waals surface area (Å²) in [6.45, 7) is 2.13. The Hall–Kier alpha value is -6.00. The third-order valence-electron chi connectivity index (χ3n) is 9.08. The van der Waals surface area contributed by atoms with E-state index in [1.165, 1.54) is 21.7 Å². The van der Waals surface area contributed by atoms with Crippen LogP contribution in [-0.4, -0.2) is 11.7 Å². The van der Waals surface area contributed by atoms with Gasteiger partial charge in [-0.3, -0.25) is 0 Å². The predicted octanol–water partition coefficient (Wildman–Crippen LogP) is 10.2. The summed E-state index contributed by atoms with van der Waals surface area (Å²) in [5.41, 5.74) is 6.49. The van der Waals surface area contributed by atoms with Crippen LogP contribution in [-0.2, 0) is 5.66 Å². The summed E-state index contributed by atoms with van der Waals surface area (Å²) in [6, 6.07) is 53.0. The topological polar surface area (TPSA) is 49.9 Å². The predicted molar refractivity (Wildman–Crippen MR) is 191 cm³/mol. The lowest BCUT2D eigenvalue weighted by molar-refractivity contribution is 0.455. The molecule has 9 rings (SSSR count). The number of hydrogen-bond acceptors (Lipinski definition) is 4. The number of amidine groups is 2. The maximum atomic E-state index is 6.17. The van der Waals surface area contributed by atoms with E-state index >= 15 is 0 Å². The quantitative estimate of drug-likeness (QED) is 0.221. The van der Waals surface area contributed by atoms with Crippen LogP contribution >= 0.6 is 0 Å². The van der Waals surface area contributed by atoms with Gasteiger partial charge in [-0.25, -0.2) is 9.98 Å². The Morgan fingerprint density at radius 2 is 1.22 bits per heavy atom. The number of aliphatic imine (C=N–C) groups is 2. The van der Waals surface area contributed by atoms with E-state index in [1.807, 2.05) is 36.4 Å². The summed E-state index contributed by atoms with van der Waals surface area (Å²) in [5, 5.41) is 10.7. The summed E-state index contributed by atoms with van der Waals surface area (Å²) in [5.74, 6) is 1.51. The van der Waals surface area contributed by atoms with Crippen LogP contribution in [0.1, 0.15) is 23.6 Å². The Morgan fingerprint density at radius 3 is 2.13 bits per heavy atom. The van der Waals surface area contributed by atoms with E-state index in [0.29, 0.717) is 5.84 Å². The van der Waals surface area contributed by atoms with E-state index in [4.69, 9.17) is 14.4 Å². The fourth-order valence-electron chi connectivity index (χ4n) is 6.69. The van der Waals surface area contributed by atoms with Crippen LogP contribution in [0.2, 0.25) is 0 Å². The van der Waals surface area contributed by atoms with Gasteiger partial charge in [-0.1, -0.05) is 121 Å². The third kappa shape index (κ3) is 4.38. The van der Waals surface area contributed by atoms with Crippen LogP contribution in [0.25, 0.3) is 54.6 Å². The van der Waals surface area contributed by atoms with Gasteiger partial charge in [-0.05, 0) is 75.5 Å². The molecule has 1 aliphatic heterocycles. The summed E-state index contributed by atoms with van der Waals surface area (Å²) in [4.78, 5) is 10.3. The molecule has 1 atom stereocenters. The van der Waals surface area contributed by atoms with Gasteiger partial charge in [0.2, 0.25) is 0 Å². The second-order valence-electron chi connectivity index (χ2n) is 12.1. The van der Waals surface area contributed by atoms with E-state index in [2.05, 4.69) is 128 Å². The first kappa shape index (κ1) is 26.4. The van der Waals surface area contributed by atoms with Gasteiger partial charge in [0.05, 0.1) is 0 Å². The average molecular weight is 592 g/mol. The molecule has 2 heterocycles. The number of hydrogen-bond donors (Lipinski definition) is 1. The maximum Gasteiger partial charge on any atom is 0.159 e. The van der Waals surface area contributed by atoms with Crippen LogP contribution in [0.3, 0.4) is 0 Å². The van der Waals surface area contributed by atoms with Crippen molar-refractivity contribution in [1.29, 1.82) is 0 Å². The van der Waals surface area contributed by atoms with Gasteiger partial charge >= 0.3 is 0 Å². The van der Waals surface area contributed by atoms with Gasteiger partial charge in [0, 0.05) is 21.9 Å². The second-order valence-corrected chi connectivity index (χ2v) is 12.1. The van der Waals surface area contributed by atoms with Crippen molar-refractivity contribution in [2.75, 3.05) is 0 Å². The SMILES string of the molecule is C[C@]1(c2ccc3cc(-c4cccc5oc6ccccc6c45)ccc3c2)N=C(c2ccccc2)N=C(c2ccc3ccccc3c2)N1. The molecule has 8 aromatic rings. The largest absolute Gasteiger partial charge is 0.456 e. The normalized spacial score (nSPS) is 16.5. The zero-order chi connectivity index (χ0) is 30.7. The van der Waals surface area contributed by atoms with Crippen molar-refractivity contribution in [2.24, 2.45) is 9.98 Å². The Balaban J connectivity index is 1.14. The van der Waals surface area contributed by atoms with Gasteiger partial charge in [0.1, 0.15) is 17.0 Å². The van der Waals surface area contributed by atoms with Gasteiger partial charge in [-0.2, -0.15) is 0 Å². The molecule has 4 nitrogen and oxygen atoms in total. The molecule has 1 aromatic heterocycles. The Kier molecular flexibility index (Phi) is 5.90. The van der Waals surface area contributed by atoms with Crippen LogP contribution < -0.4 is 5.32 Å². The smallest absolute Gasteiger partial charge is 0.159 e. The summed E-state index contributed by atoms with van der Waals surface area (Å²) >= 11 is 0. The molecule has 46 heavy (non-hydrogen) atoms. The van der Waals surface area contributed by atoms with Gasteiger partial charge in [-0.15, -0.1) is 0 Å². The number of rotatable bonds is 4. The first-order chi connectivity index (χ1) is 22.6. The fraction of sp³-hybridized carbons (Fsp3) is 0.0476. The number of furan rings is 1. The molecule has 1 N–H and O–H groups in total. The Labute approximate surface area is 266 Å². The molecular formula is C42H29N3O. The maximum absolute atomic E-state index is 6.17. The van der Waals surface area contributed by atoms with Crippen molar-refractivity contribution in [3.05, 3.63) is 168 Å². The monoisotopic (exact) mass is 591 g/mol. The molecule has 1 aliphatic rings. The van der Waals surface area contributed by atoms with Crippen molar-refractivity contribution < 1.29 is 4.42 Å². The molecule has 0 unspecified atom stereocenters. The molecular weight excluding hydrogens is 562 g/mol. The minimum Gasteiger partial charge on any atom is -0.456 e. The zero-order valence-electron chi connectivity index (χ0n) is 25.2. The molecule has 4 heteroatoms. The van der Waals surface area contributed by atoms with E-state index in [9.17, 15) is 0 Å². The average Bonchev–Trinajstić information content (AvgIpc) is 3.50. The molecule has 0 fully saturated rings. The summed E-state index contributed by atoms with van der Waals surface area (Å²) < 4.78 is 6.17. The third-order valence-corrected chi connectivity index (χ3v) is 9.08. The lowest BCUT2D eigenvalue weighted by Crippen LogP contribution is -2.46. The van der Waals surface area contributed by atoms with E-state index in [1.54, 1.807) is 0 Å². The Morgan fingerprint density at radius 1 is 0.543 bits per heavy atom. The lowest BCUT2D eigenvalue weighted by Gasteiger charge is -2.33. The highest BCUT2D eigenvalue weighted by Crippen LogP contribution is 2.38. The molecule has 0 aliphatic carbocycles. The molecule has 0 saturated heterocycles. The number of benzene rings is 7. The van der Waals surface area contributed by atoms with E-state index in [0.717, 1.165) is 55.4 Å². The van der Waals surface area contributed by atoms with Crippen LogP contribution in [0.4, 0.5) is 0 Å². The molecule has 0 saturated carbocycles. The van der Waals surface area contributed by atoms with Gasteiger partial charge < -0.3 is 9.73 Å². The second kappa shape index (κ2) is 10.3. The van der Waals surface area contributed by atoms with Crippen molar-refractivity contribution in [3.63, 3.8) is 0 Å². The number of nitrogens with zero attached hydrogens (tertiary/aromatic N) is 2. The highest BCUT2D eigenvalue weighted by Gasteiger charge is 2.32. The van der Waals surface area contributed by atoms with Crippen LogP contribution in [0.15, 0.2) is 166 Å². The summed E-state index contributed by atoms with van der Waals surface area (Å²) in [7, 11) is 0. The molecule has 0 spiro atoms. The van der Waals surface area contributed by atoms with E-state index < -0.39 is 5.66 Å². The van der Waals surface area contributed by atoms with Crippen molar-refractivity contribution in [2.45, 2.75) is 12.6 Å². The highest BCUT2D eigenvalue weighted by atomic mass is 16.3. The number of nitrogens with one attached hydrogen (secondary N) is 1. The van der Waals surface area contributed by atoms with Crippen molar-refractivity contribution in [3.8, 4) is 11.1 Å². The summed E-state index contributed by atoms with van der Waals surface area (Å²) in [6.07, 6.45) is 0. The number of fused-ring (bicyclic) bond motifs is 5. The standard InChI is InChI=1S/C42H29N3O/c1-42(44-40(28-11-3-2-4-12-28)43-41(45-42)33-21-18-27-10-5-6-13-29(27)25-33)34-23-22-30-24-32(20-19-31(30)26-34)35-15-9-17-38-39(35)36-14-7-8-16-37(36)46-38/h2-26H,1H3,(H,43,44,45)/t42-/m0/s1. The first-order valence-electron chi connectivity index (χ1n) is 15.6. The van der Waals surface area contributed by atoms with E-state index in [-0.39, 0.29) is 0 Å². The van der Waals surface area contributed by atoms with Crippen molar-refractivity contribution in [1.82, 2.24) is 5.32 Å². The van der Waals surface area contributed by atoms with Crippen LogP contribution in [0, 0.1) is 0 Å². The first-order valence-corrected chi connectivity index (χ1v) is 15.6. The molecule has 218 valence electrons. The number of para-hydroxylation sites is 1. The molecule has 7 aromatic carbocycles. The lowest BCUT2D eigenvalue weighted by atomic mass is 9.93. The molecule has 0 bridgehead atoms. The minimum atomic E-state index is -0.734. The zero-order valence-corrected chi connectivity index (χ0v) is 25.2.